The molecule has 1 aliphatic heterocycles. The molecule has 0 unspecified atom stereocenters. The van der Waals surface area contributed by atoms with E-state index in [4.69, 9.17) is 0 Å². The van der Waals surface area contributed by atoms with Crippen molar-refractivity contribution < 1.29 is 14.0 Å². The Morgan fingerprint density at radius 3 is 2.66 bits per heavy atom. The van der Waals surface area contributed by atoms with Gasteiger partial charge in [0.1, 0.15) is 11.5 Å². The summed E-state index contributed by atoms with van der Waals surface area (Å²) < 4.78 is 18.6. The van der Waals surface area contributed by atoms with Crippen molar-refractivity contribution in [1.29, 1.82) is 0 Å². The van der Waals surface area contributed by atoms with E-state index in [-0.39, 0.29) is 11.7 Å². The number of carbonyl (C=O) groups excluding carboxylic acids is 2. The first-order chi connectivity index (χ1) is 14.0. The van der Waals surface area contributed by atoms with Crippen LogP contribution in [0.1, 0.15) is 22.3 Å². The molecule has 2 aromatic rings. The molecular weight excluding hydrogens is 397 g/mol. The Bertz CT molecular complexity index is 868. The van der Waals surface area contributed by atoms with Gasteiger partial charge in [-0.05, 0) is 36.7 Å². The summed E-state index contributed by atoms with van der Waals surface area (Å²) in [5.41, 5.74) is 0.470. The van der Waals surface area contributed by atoms with Gasteiger partial charge in [-0.3, -0.25) is 15.0 Å². The molecule has 3 N–H and O–H groups in total. The average molecular weight is 422 g/mol. The van der Waals surface area contributed by atoms with Crippen LogP contribution in [0.5, 0.6) is 0 Å². The predicted octanol–water partition coefficient (Wildman–Crippen LogP) is 1.50. The number of anilines is 2. The molecule has 156 valence electrons. The lowest BCUT2D eigenvalue weighted by atomic mass is 10.2. The average Bonchev–Trinajstić information content (AvgIpc) is 3.14. The monoisotopic (exact) mass is 421 g/mol. The number of carbonyl (C=O) groups is 2. The number of piperazine rings is 1. The molecule has 0 aliphatic carbocycles. The summed E-state index contributed by atoms with van der Waals surface area (Å²) in [6, 6.07) is 4.74. The minimum absolute atomic E-state index is 0.0645. The Morgan fingerprint density at radius 1 is 1.24 bits per heavy atom. The first kappa shape index (κ1) is 20.9. The van der Waals surface area contributed by atoms with Crippen LogP contribution in [0.3, 0.4) is 0 Å². The van der Waals surface area contributed by atoms with Crippen LogP contribution in [0.4, 0.5) is 20.7 Å². The van der Waals surface area contributed by atoms with Crippen LogP contribution in [0.2, 0.25) is 0 Å². The standard InChI is InChI=1S/C18H24FN7O2S/c1-3-21-18(28)23-15-10-12(29-24-15)11-25-6-8-26(9-7-25)14-5-4-13(17(27)20-2)22-16(14)19/h4-5,10H,3,6-9,11H2,1-2H3,(H,20,27)(H2,21,23,24,28). The number of pyridine rings is 1. The normalized spacial score (nSPS) is 14.5. The maximum Gasteiger partial charge on any atom is 0.320 e. The molecule has 0 spiro atoms. The topological polar surface area (TPSA) is 102 Å². The molecular formula is C18H24FN7O2S. The summed E-state index contributed by atoms with van der Waals surface area (Å²) in [5, 5.41) is 7.80. The number of aromatic nitrogens is 2. The fraction of sp³-hybridized carbons (Fsp3) is 0.444. The summed E-state index contributed by atoms with van der Waals surface area (Å²) in [6.07, 6.45) is 0. The lowest BCUT2D eigenvalue weighted by Crippen LogP contribution is -2.46. The number of nitrogens with one attached hydrogen (secondary N) is 3. The second-order valence-corrected chi connectivity index (χ2v) is 7.40. The molecule has 11 heteroatoms. The smallest absolute Gasteiger partial charge is 0.320 e. The van der Waals surface area contributed by atoms with E-state index in [9.17, 15) is 14.0 Å². The van der Waals surface area contributed by atoms with Gasteiger partial charge in [0.2, 0.25) is 5.95 Å². The van der Waals surface area contributed by atoms with Gasteiger partial charge in [-0.15, -0.1) is 0 Å². The number of amides is 3. The van der Waals surface area contributed by atoms with Gasteiger partial charge in [0.15, 0.2) is 0 Å². The molecule has 2 aromatic heterocycles. The highest BCUT2D eigenvalue weighted by atomic mass is 32.1. The van der Waals surface area contributed by atoms with Crippen molar-refractivity contribution in [3.8, 4) is 0 Å². The predicted molar refractivity (Wildman–Crippen MR) is 110 cm³/mol. The largest absolute Gasteiger partial charge is 0.365 e. The van der Waals surface area contributed by atoms with Crippen LogP contribution in [-0.2, 0) is 6.54 Å². The van der Waals surface area contributed by atoms with Crippen LogP contribution in [0.15, 0.2) is 18.2 Å². The molecule has 3 rings (SSSR count). The summed E-state index contributed by atoms with van der Waals surface area (Å²) in [4.78, 5) is 32.1. The van der Waals surface area contributed by atoms with E-state index < -0.39 is 11.9 Å². The van der Waals surface area contributed by atoms with E-state index in [1.165, 1.54) is 24.6 Å². The lowest BCUT2D eigenvalue weighted by molar-refractivity contribution is 0.0957. The lowest BCUT2D eigenvalue weighted by Gasteiger charge is -2.35. The molecule has 29 heavy (non-hydrogen) atoms. The van der Waals surface area contributed by atoms with Gasteiger partial charge in [0.05, 0.1) is 5.69 Å². The van der Waals surface area contributed by atoms with Crippen molar-refractivity contribution in [2.24, 2.45) is 0 Å². The molecule has 0 atom stereocenters. The maximum absolute atomic E-state index is 14.3. The van der Waals surface area contributed by atoms with Crippen molar-refractivity contribution in [2.75, 3.05) is 50.0 Å². The zero-order chi connectivity index (χ0) is 20.8. The molecule has 1 aliphatic rings. The van der Waals surface area contributed by atoms with E-state index in [1.54, 1.807) is 6.07 Å². The van der Waals surface area contributed by atoms with Gasteiger partial charge < -0.3 is 15.5 Å². The van der Waals surface area contributed by atoms with Crippen molar-refractivity contribution in [3.63, 3.8) is 0 Å². The Morgan fingerprint density at radius 2 is 2.00 bits per heavy atom. The van der Waals surface area contributed by atoms with E-state index >= 15 is 0 Å². The van der Waals surface area contributed by atoms with Gasteiger partial charge in [0.25, 0.3) is 5.91 Å². The Hall–Kier alpha value is -2.79. The first-order valence-electron chi connectivity index (χ1n) is 9.36. The van der Waals surface area contributed by atoms with E-state index in [1.807, 2.05) is 17.9 Å². The summed E-state index contributed by atoms with van der Waals surface area (Å²) in [6.45, 7) is 5.95. The maximum atomic E-state index is 14.3. The minimum atomic E-state index is -0.636. The summed E-state index contributed by atoms with van der Waals surface area (Å²) in [7, 11) is 1.48. The second-order valence-electron chi connectivity index (χ2n) is 6.51. The van der Waals surface area contributed by atoms with Gasteiger partial charge in [-0.25, -0.2) is 9.78 Å². The van der Waals surface area contributed by atoms with Gasteiger partial charge >= 0.3 is 6.03 Å². The Labute approximate surface area is 172 Å². The van der Waals surface area contributed by atoms with Crippen LogP contribution in [0, 0.1) is 5.95 Å². The molecule has 0 aromatic carbocycles. The SMILES string of the molecule is CCNC(=O)Nc1cc(CN2CCN(c3ccc(C(=O)NC)nc3F)CC2)sn1. The summed E-state index contributed by atoms with van der Waals surface area (Å²) >= 11 is 1.35. The Balaban J connectivity index is 1.53. The molecule has 3 amide bonds. The molecule has 1 fully saturated rings. The molecule has 0 saturated carbocycles. The van der Waals surface area contributed by atoms with Crippen molar-refractivity contribution in [3.05, 3.63) is 34.7 Å². The van der Waals surface area contributed by atoms with Crippen LogP contribution < -0.4 is 20.9 Å². The first-order valence-corrected chi connectivity index (χ1v) is 10.1. The minimum Gasteiger partial charge on any atom is -0.365 e. The van der Waals surface area contributed by atoms with Gasteiger partial charge in [0, 0.05) is 51.2 Å². The van der Waals surface area contributed by atoms with Crippen molar-refractivity contribution >= 4 is 35.0 Å². The van der Waals surface area contributed by atoms with Crippen LogP contribution in [-0.4, -0.2) is 66.0 Å². The van der Waals surface area contributed by atoms with Crippen LogP contribution >= 0.6 is 11.5 Å². The highest BCUT2D eigenvalue weighted by Crippen LogP contribution is 2.22. The van der Waals surface area contributed by atoms with Crippen molar-refractivity contribution in [2.45, 2.75) is 13.5 Å². The third-order valence-corrected chi connectivity index (χ3v) is 5.29. The highest BCUT2D eigenvalue weighted by Gasteiger charge is 2.22. The number of hydrogen-bond donors (Lipinski definition) is 3. The van der Waals surface area contributed by atoms with E-state index in [2.05, 4.69) is 30.2 Å². The zero-order valence-electron chi connectivity index (χ0n) is 16.4. The third kappa shape index (κ3) is 5.39. The Kier molecular flexibility index (Phi) is 6.94. The molecule has 1 saturated heterocycles. The number of rotatable bonds is 6. The second kappa shape index (κ2) is 9.61. The van der Waals surface area contributed by atoms with Crippen molar-refractivity contribution in [1.82, 2.24) is 24.9 Å². The number of halogens is 1. The zero-order valence-corrected chi connectivity index (χ0v) is 17.2. The van der Waals surface area contributed by atoms with E-state index in [0.29, 0.717) is 31.1 Å². The summed E-state index contributed by atoms with van der Waals surface area (Å²) in [5.74, 6) is -0.507. The molecule has 9 nitrogen and oxygen atoms in total. The molecule has 0 bridgehead atoms. The quantitative estimate of drug-likeness (QED) is 0.611. The van der Waals surface area contributed by atoms with Gasteiger partial charge in [-0.2, -0.15) is 8.76 Å². The fourth-order valence-electron chi connectivity index (χ4n) is 3.05. The fourth-order valence-corrected chi connectivity index (χ4v) is 3.77. The van der Waals surface area contributed by atoms with E-state index in [0.717, 1.165) is 24.5 Å². The number of hydrogen-bond acceptors (Lipinski definition) is 7. The highest BCUT2D eigenvalue weighted by molar-refractivity contribution is 7.06. The van der Waals surface area contributed by atoms with Crippen LogP contribution in [0.25, 0.3) is 0 Å². The number of nitrogens with zero attached hydrogens (tertiary/aromatic N) is 4. The van der Waals surface area contributed by atoms with Gasteiger partial charge in [-0.1, -0.05) is 0 Å². The number of urea groups is 1. The molecule has 0 radical (unpaired) electrons. The molecule has 3 heterocycles. The third-order valence-electron chi connectivity index (χ3n) is 4.52.